The second kappa shape index (κ2) is 5.17. The van der Waals surface area contributed by atoms with Gasteiger partial charge >= 0.3 is 6.18 Å². The van der Waals surface area contributed by atoms with Gasteiger partial charge in [0, 0.05) is 10.0 Å². The lowest BCUT2D eigenvalue weighted by Gasteiger charge is -2.40. The molecule has 0 bridgehead atoms. The van der Waals surface area contributed by atoms with E-state index in [1.165, 1.54) is 19.9 Å². The van der Waals surface area contributed by atoms with Crippen molar-refractivity contribution in [3.8, 4) is 0 Å². The summed E-state index contributed by atoms with van der Waals surface area (Å²) in [5.41, 5.74) is 1.36. The van der Waals surface area contributed by atoms with Gasteiger partial charge in [0.25, 0.3) is 0 Å². The third-order valence-electron chi connectivity index (χ3n) is 3.95. The normalized spacial score (nSPS) is 26.7. The van der Waals surface area contributed by atoms with Gasteiger partial charge in [-0.25, -0.2) is 17.8 Å². The number of hydrogen-bond acceptors (Lipinski definition) is 4. The quantitative estimate of drug-likeness (QED) is 0.715. The van der Waals surface area contributed by atoms with E-state index in [0.717, 1.165) is 12.1 Å². The predicted octanol–water partition coefficient (Wildman–Crippen LogP) is 2.91. The molecule has 0 saturated carbocycles. The van der Waals surface area contributed by atoms with Crippen LogP contribution in [0.4, 0.5) is 17.6 Å². The van der Waals surface area contributed by atoms with Crippen LogP contribution in [0.25, 0.3) is 0 Å². The summed E-state index contributed by atoms with van der Waals surface area (Å²) in [6.07, 6.45) is -5.15. The highest BCUT2D eigenvalue weighted by Gasteiger charge is 2.64. The highest BCUT2D eigenvalue weighted by Crippen LogP contribution is 2.48. The lowest BCUT2D eigenvalue weighted by Crippen LogP contribution is -2.60. The highest BCUT2D eigenvalue weighted by molar-refractivity contribution is 9.10. The molecular formula is C13H13BrF4N2O2S. The van der Waals surface area contributed by atoms with Gasteiger partial charge in [0.05, 0.1) is 5.75 Å². The van der Waals surface area contributed by atoms with E-state index in [2.05, 4.69) is 20.9 Å². The molecule has 0 unspecified atom stereocenters. The minimum atomic E-state index is -5.15. The molecule has 2 rings (SSSR count). The Hall–Kier alpha value is -1.16. The Morgan fingerprint density at radius 3 is 2.35 bits per heavy atom. The Kier molecular flexibility index (Phi) is 4.09. The van der Waals surface area contributed by atoms with E-state index < -0.39 is 49.3 Å². The third kappa shape index (κ3) is 2.65. The summed E-state index contributed by atoms with van der Waals surface area (Å²) in [6, 6.07) is 2.88. The predicted molar refractivity (Wildman–Crippen MR) is 81.3 cm³/mol. The summed E-state index contributed by atoms with van der Waals surface area (Å²) in [5, 5.41) is 0. The van der Waals surface area contributed by atoms with E-state index in [-0.39, 0.29) is 4.47 Å². The monoisotopic (exact) mass is 416 g/mol. The van der Waals surface area contributed by atoms with Crippen molar-refractivity contribution in [2.45, 2.75) is 30.3 Å². The van der Waals surface area contributed by atoms with E-state index in [1.807, 2.05) is 0 Å². The minimum Gasteiger partial charge on any atom is -0.386 e. The third-order valence-corrected chi connectivity index (χ3v) is 7.00. The van der Waals surface area contributed by atoms with E-state index in [1.54, 1.807) is 0 Å². The van der Waals surface area contributed by atoms with Gasteiger partial charge in [0.15, 0.2) is 15.4 Å². The zero-order valence-corrected chi connectivity index (χ0v) is 14.5. The lowest BCUT2D eigenvalue weighted by atomic mass is 9.90. The molecule has 0 spiro atoms. The van der Waals surface area contributed by atoms with Crippen molar-refractivity contribution in [2.75, 3.05) is 5.75 Å². The number of halogens is 5. The van der Waals surface area contributed by atoms with Gasteiger partial charge in [0.2, 0.25) is 0 Å². The van der Waals surface area contributed by atoms with Crippen LogP contribution in [-0.2, 0) is 15.4 Å². The van der Waals surface area contributed by atoms with Crippen LogP contribution in [0.3, 0.4) is 0 Å². The number of amidine groups is 1. The fraction of sp³-hybridized carbons (Fsp3) is 0.462. The first kappa shape index (κ1) is 18.2. The molecule has 1 atom stereocenters. The highest BCUT2D eigenvalue weighted by atomic mass is 79.9. The van der Waals surface area contributed by atoms with Crippen LogP contribution in [0.5, 0.6) is 0 Å². The van der Waals surface area contributed by atoms with Gasteiger partial charge in [-0.1, -0.05) is 15.9 Å². The number of benzene rings is 1. The molecule has 1 aromatic rings. The SMILES string of the molecule is CC1(C)C(N)=N[C@@](c2cc(Br)ccc2F)(C(F)(F)F)CS1(=O)=O. The fourth-order valence-corrected chi connectivity index (χ4v) is 4.26. The smallest absolute Gasteiger partial charge is 0.386 e. The summed E-state index contributed by atoms with van der Waals surface area (Å²) in [4.78, 5) is 3.44. The van der Waals surface area contributed by atoms with Crippen LogP contribution in [0.1, 0.15) is 19.4 Å². The molecule has 1 aliphatic heterocycles. The van der Waals surface area contributed by atoms with Crippen LogP contribution in [0, 0.1) is 5.82 Å². The van der Waals surface area contributed by atoms with Crippen molar-refractivity contribution >= 4 is 31.6 Å². The molecule has 1 aromatic carbocycles. The summed E-state index contributed by atoms with van der Waals surface area (Å²) >= 11 is 2.96. The van der Waals surface area contributed by atoms with Gasteiger partial charge < -0.3 is 5.73 Å². The van der Waals surface area contributed by atoms with Gasteiger partial charge in [0.1, 0.15) is 16.4 Å². The first-order valence-corrected chi connectivity index (χ1v) is 8.79. The van der Waals surface area contributed by atoms with Crippen LogP contribution in [-0.4, -0.2) is 30.9 Å². The van der Waals surface area contributed by atoms with Gasteiger partial charge in [-0.3, -0.25) is 0 Å². The molecule has 2 N–H and O–H groups in total. The molecule has 0 aliphatic carbocycles. The molecule has 0 aromatic heterocycles. The molecule has 23 heavy (non-hydrogen) atoms. The Bertz CT molecular complexity index is 790. The molecule has 4 nitrogen and oxygen atoms in total. The first-order valence-electron chi connectivity index (χ1n) is 6.35. The average Bonchev–Trinajstić information content (AvgIpc) is 2.37. The minimum absolute atomic E-state index is 0.161. The van der Waals surface area contributed by atoms with E-state index in [9.17, 15) is 26.0 Å². The summed E-state index contributed by atoms with van der Waals surface area (Å²) in [5.74, 6) is -3.33. The van der Waals surface area contributed by atoms with Crippen molar-refractivity contribution in [1.82, 2.24) is 0 Å². The number of nitrogens with two attached hydrogens (primary N) is 1. The van der Waals surface area contributed by atoms with Crippen LogP contribution in [0.15, 0.2) is 27.7 Å². The number of nitrogens with zero attached hydrogens (tertiary/aromatic N) is 1. The second-order valence-corrected chi connectivity index (χ2v) is 9.20. The number of sulfone groups is 1. The molecule has 1 heterocycles. The zero-order valence-electron chi connectivity index (χ0n) is 12.1. The molecular weight excluding hydrogens is 404 g/mol. The number of rotatable bonds is 1. The van der Waals surface area contributed by atoms with Gasteiger partial charge in [-0.2, -0.15) is 13.2 Å². The molecule has 0 radical (unpaired) electrons. The Labute approximate surface area is 138 Å². The molecule has 0 fully saturated rings. The van der Waals surface area contributed by atoms with E-state index in [4.69, 9.17) is 5.73 Å². The fourth-order valence-electron chi connectivity index (χ4n) is 2.24. The largest absolute Gasteiger partial charge is 0.418 e. The van der Waals surface area contributed by atoms with Crippen molar-refractivity contribution in [3.63, 3.8) is 0 Å². The summed E-state index contributed by atoms with van der Waals surface area (Å²) in [6.45, 7) is 2.33. The molecule has 1 aliphatic rings. The molecule has 0 amide bonds. The topological polar surface area (TPSA) is 72.5 Å². The van der Waals surface area contributed by atoms with Crippen molar-refractivity contribution in [1.29, 1.82) is 0 Å². The lowest BCUT2D eigenvalue weighted by molar-refractivity contribution is -0.183. The summed E-state index contributed by atoms with van der Waals surface area (Å²) in [7, 11) is -4.34. The van der Waals surface area contributed by atoms with Crippen LogP contribution in [0.2, 0.25) is 0 Å². The van der Waals surface area contributed by atoms with E-state index >= 15 is 0 Å². The maximum Gasteiger partial charge on any atom is 0.418 e. The van der Waals surface area contributed by atoms with Crippen molar-refractivity contribution < 1.29 is 26.0 Å². The van der Waals surface area contributed by atoms with Gasteiger partial charge in [-0.15, -0.1) is 0 Å². The number of alkyl halides is 3. The zero-order chi connectivity index (χ0) is 17.8. The second-order valence-electron chi connectivity index (χ2n) is 5.75. The number of aliphatic imine (C=N–C) groups is 1. The van der Waals surface area contributed by atoms with Crippen molar-refractivity contribution in [2.24, 2.45) is 10.7 Å². The first-order chi connectivity index (χ1) is 10.2. The summed E-state index contributed by atoms with van der Waals surface area (Å²) < 4.78 is 78.4. The van der Waals surface area contributed by atoms with Crippen LogP contribution < -0.4 is 5.73 Å². The molecule has 128 valence electrons. The molecule has 0 saturated heterocycles. The Morgan fingerprint density at radius 2 is 1.87 bits per heavy atom. The average molecular weight is 417 g/mol. The van der Waals surface area contributed by atoms with E-state index in [0.29, 0.717) is 0 Å². The maximum atomic E-state index is 14.1. The van der Waals surface area contributed by atoms with Crippen LogP contribution >= 0.6 is 15.9 Å². The van der Waals surface area contributed by atoms with Crippen molar-refractivity contribution in [3.05, 3.63) is 34.1 Å². The standard InChI is InChI=1S/C13H13BrF4N2O2S/c1-11(2)10(19)20-12(13(16,17)18,6-23(11,21)22)8-5-7(14)3-4-9(8)15/h3-5H,6H2,1-2H3,(H2,19,20)/t12-/m0/s1. The Morgan fingerprint density at radius 1 is 1.30 bits per heavy atom. The number of hydrogen-bond donors (Lipinski definition) is 1. The molecule has 10 heteroatoms. The van der Waals surface area contributed by atoms with Gasteiger partial charge in [-0.05, 0) is 32.0 Å². The Balaban J connectivity index is 2.90. The maximum absolute atomic E-state index is 14.1.